The van der Waals surface area contributed by atoms with E-state index >= 15 is 0 Å². The number of thiazole rings is 1. The first-order chi connectivity index (χ1) is 9.67. The quantitative estimate of drug-likeness (QED) is 0.693. The third-order valence-electron chi connectivity index (χ3n) is 3.09. The summed E-state index contributed by atoms with van der Waals surface area (Å²) in [4.78, 5) is 16.6. The fraction of sp³-hybridized carbons (Fsp3) is 0.286. The second-order valence-electron chi connectivity index (χ2n) is 4.49. The highest BCUT2D eigenvalue weighted by atomic mass is 32.1. The second-order valence-corrected chi connectivity index (χ2v) is 5.33. The van der Waals surface area contributed by atoms with Gasteiger partial charge in [0.1, 0.15) is 11.5 Å². The van der Waals surface area contributed by atoms with Crippen molar-refractivity contribution < 1.29 is 13.9 Å². The number of aryl methyl sites for hydroxylation is 2. The lowest BCUT2D eigenvalue weighted by molar-refractivity contribution is -0.140. The number of nitrogens with zero attached hydrogens (tertiary/aromatic N) is 2. The van der Waals surface area contributed by atoms with Crippen LogP contribution in [-0.2, 0) is 16.0 Å². The van der Waals surface area contributed by atoms with Crippen molar-refractivity contribution in [3.8, 4) is 11.5 Å². The van der Waals surface area contributed by atoms with Gasteiger partial charge in [0.05, 0.1) is 13.5 Å². The van der Waals surface area contributed by atoms with Gasteiger partial charge in [-0.25, -0.2) is 4.98 Å². The number of aromatic nitrogens is 2. The molecule has 0 radical (unpaired) electrons. The molecule has 3 aromatic heterocycles. The number of esters is 1. The van der Waals surface area contributed by atoms with Crippen LogP contribution in [0.25, 0.3) is 16.4 Å². The predicted octanol–water partition coefficient (Wildman–Crippen LogP) is 3.07. The molecular weight excluding hydrogens is 276 g/mol. The van der Waals surface area contributed by atoms with Gasteiger partial charge in [-0.05, 0) is 25.5 Å². The zero-order chi connectivity index (χ0) is 14.1. The molecule has 0 spiro atoms. The molecule has 0 unspecified atom stereocenters. The van der Waals surface area contributed by atoms with Gasteiger partial charge in [0.25, 0.3) is 0 Å². The van der Waals surface area contributed by atoms with Gasteiger partial charge in [0.2, 0.25) is 0 Å². The number of rotatable bonds is 4. The molecule has 0 amide bonds. The van der Waals surface area contributed by atoms with Crippen molar-refractivity contribution in [1.29, 1.82) is 0 Å². The van der Waals surface area contributed by atoms with Gasteiger partial charge in [-0.3, -0.25) is 9.20 Å². The Balaban J connectivity index is 1.88. The maximum Gasteiger partial charge on any atom is 0.305 e. The SMILES string of the molecule is COC(=O)CCc1csc2nc(-c3ccc(C)o3)cn12. The maximum absolute atomic E-state index is 11.2. The summed E-state index contributed by atoms with van der Waals surface area (Å²) in [5.41, 5.74) is 1.86. The summed E-state index contributed by atoms with van der Waals surface area (Å²) in [5, 5.41) is 2.02. The highest BCUT2D eigenvalue weighted by Crippen LogP contribution is 2.25. The van der Waals surface area contributed by atoms with E-state index in [0.717, 1.165) is 27.9 Å². The van der Waals surface area contributed by atoms with Crippen molar-refractivity contribution in [3.63, 3.8) is 0 Å². The maximum atomic E-state index is 11.2. The third-order valence-corrected chi connectivity index (χ3v) is 3.98. The Bertz CT molecular complexity index is 753. The summed E-state index contributed by atoms with van der Waals surface area (Å²) in [6, 6.07) is 3.83. The minimum atomic E-state index is -0.202. The molecule has 0 aliphatic rings. The lowest BCUT2D eigenvalue weighted by Gasteiger charge is -1.98. The van der Waals surface area contributed by atoms with Crippen LogP contribution in [0.3, 0.4) is 0 Å². The third kappa shape index (κ3) is 2.34. The molecule has 104 valence electrons. The van der Waals surface area contributed by atoms with Crippen molar-refractivity contribution in [2.24, 2.45) is 0 Å². The first kappa shape index (κ1) is 12.9. The molecule has 0 N–H and O–H groups in total. The fourth-order valence-corrected chi connectivity index (χ4v) is 2.94. The molecule has 0 atom stereocenters. The smallest absolute Gasteiger partial charge is 0.305 e. The van der Waals surface area contributed by atoms with Gasteiger partial charge in [-0.2, -0.15) is 0 Å². The molecule has 3 rings (SSSR count). The number of carbonyl (C=O) groups is 1. The lowest BCUT2D eigenvalue weighted by Crippen LogP contribution is -2.02. The molecule has 0 saturated carbocycles. The van der Waals surface area contributed by atoms with E-state index < -0.39 is 0 Å². The van der Waals surface area contributed by atoms with Gasteiger partial charge in [-0.15, -0.1) is 11.3 Å². The average molecular weight is 290 g/mol. The largest absolute Gasteiger partial charge is 0.469 e. The molecule has 0 aliphatic heterocycles. The van der Waals surface area contributed by atoms with Crippen LogP contribution in [0, 0.1) is 6.92 Å². The zero-order valence-corrected chi connectivity index (χ0v) is 12.1. The lowest BCUT2D eigenvalue weighted by atomic mass is 10.2. The van der Waals surface area contributed by atoms with E-state index in [9.17, 15) is 4.79 Å². The van der Waals surface area contributed by atoms with Crippen molar-refractivity contribution >= 4 is 22.3 Å². The number of fused-ring (bicyclic) bond motifs is 1. The van der Waals surface area contributed by atoms with Gasteiger partial charge in [0.15, 0.2) is 10.7 Å². The molecule has 0 aliphatic carbocycles. The first-order valence-electron chi connectivity index (χ1n) is 6.26. The molecule has 0 aromatic carbocycles. The average Bonchev–Trinajstić information content (AvgIpc) is 3.11. The minimum Gasteiger partial charge on any atom is -0.469 e. The Labute approximate surface area is 119 Å². The van der Waals surface area contributed by atoms with Crippen LogP contribution < -0.4 is 0 Å². The van der Waals surface area contributed by atoms with Crippen molar-refractivity contribution in [2.45, 2.75) is 19.8 Å². The molecule has 0 fully saturated rings. The molecule has 3 aromatic rings. The fourth-order valence-electron chi connectivity index (χ4n) is 2.03. The number of furan rings is 1. The van der Waals surface area contributed by atoms with Gasteiger partial charge < -0.3 is 9.15 Å². The van der Waals surface area contributed by atoms with E-state index in [0.29, 0.717) is 12.8 Å². The number of ether oxygens (including phenoxy) is 1. The summed E-state index contributed by atoms with van der Waals surface area (Å²) in [7, 11) is 1.40. The molecule has 3 heterocycles. The highest BCUT2D eigenvalue weighted by Gasteiger charge is 2.12. The molecule has 0 saturated heterocycles. The summed E-state index contributed by atoms with van der Waals surface area (Å²) in [6.07, 6.45) is 2.95. The van der Waals surface area contributed by atoms with Crippen molar-refractivity contribution in [3.05, 3.63) is 35.2 Å². The van der Waals surface area contributed by atoms with Crippen LogP contribution in [0.4, 0.5) is 0 Å². The van der Waals surface area contributed by atoms with E-state index in [1.165, 1.54) is 7.11 Å². The highest BCUT2D eigenvalue weighted by molar-refractivity contribution is 7.15. The minimum absolute atomic E-state index is 0.202. The van der Waals surface area contributed by atoms with E-state index in [1.54, 1.807) is 11.3 Å². The number of imidazole rings is 1. The number of hydrogen-bond acceptors (Lipinski definition) is 5. The number of hydrogen-bond donors (Lipinski definition) is 0. The van der Waals surface area contributed by atoms with Gasteiger partial charge in [-0.1, -0.05) is 0 Å². The predicted molar refractivity (Wildman–Crippen MR) is 75.8 cm³/mol. The monoisotopic (exact) mass is 290 g/mol. The van der Waals surface area contributed by atoms with Gasteiger partial charge in [0, 0.05) is 17.3 Å². The number of carbonyl (C=O) groups excluding carboxylic acids is 1. The molecule has 20 heavy (non-hydrogen) atoms. The van der Waals surface area contributed by atoms with E-state index in [4.69, 9.17) is 4.42 Å². The topological polar surface area (TPSA) is 56.7 Å². The Morgan fingerprint density at radius 2 is 2.35 bits per heavy atom. The van der Waals surface area contributed by atoms with Crippen LogP contribution in [-0.4, -0.2) is 22.5 Å². The normalized spacial score (nSPS) is 11.1. The van der Waals surface area contributed by atoms with Crippen LogP contribution >= 0.6 is 11.3 Å². The van der Waals surface area contributed by atoms with Crippen molar-refractivity contribution in [1.82, 2.24) is 9.38 Å². The number of methoxy groups -OCH3 is 1. The van der Waals surface area contributed by atoms with E-state index in [-0.39, 0.29) is 5.97 Å². The summed E-state index contributed by atoms with van der Waals surface area (Å²) >= 11 is 1.55. The van der Waals surface area contributed by atoms with E-state index in [1.807, 2.05) is 35.0 Å². The van der Waals surface area contributed by atoms with Crippen LogP contribution in [0.15, 0.2) is 28.1 Å². The zero-order valence-electron chi connectivity index (χ0n) is 11.3. The Hall–Kier alpha value is -2.08. The molecule has 6 heteroatoms. The molecule has 0 bridgehead atoms. The van der Waals surface area contributed by atoms with E-state index in [2.05, 4.69) is 9.72 Å². The Morgan fingerprint density at radius 3 is 3.05 bits per heavy atom. The Kier molecular flexibility index (Phi) is 3.31. The van der Waals surface area contributed by atoms with Gasteiger partial charge >= 0.3 is 5.97 Å². The standard InChI is InChI=1S/C14H14N2O3S/c1-9-3-5-12(19-9)11-7-16-10(4-6-13(17)18-2)8-20-14(16)15-11/h3,5,7-8H,4,6H2,1-2H3. The van der Waals surface area contributed by atoms with Crippen LogP contribution in [0.1, 0.15) is 17.9 Å². The van der Waals surface area contributed by atoms with Crippen molar-refractivity contribution in [2.75, 3.05) is 7.11 Å². The van der Waals surface area contributed by atoms with Crippen LogP contribution in [0.5, 0.6) is 0 Å². The Morgan fingerprint density at radius 1 is 1.50 bits per heavy atom. The van der Waals surface area contributed by atoms with Crippen LogP contribution in [0.2, 0.25) is 0 Å². The molecular formula is C14H14N2O3S. The second kappa shape index (κ2) is 5.13. The first-order valence-corrected chi connectivity index (χ1v) is 7.14. The summed E-state index contributed by atoms with van der Waals surface area (Å²) in [6.45, 7) is 1.91. The summed E-state index contributed by atoms with van der Waals surface area (Å²) in [5.74, 6) is 1.42. The molecule has 5 nitrogen and oxygen atoms in total. The summed E-state index contributed by atoms with van der Waals surface area (Å²) < 4.78 is 12.2.